The smallest absolute Gasteiger partial charge is 0.165 e. The molecule has 0 spiro atoms. The molecule has 1 unspecified atom stereocenters. The van der Waals surface area contributed by atoms with Crippen molar-refractivity contribution >= 4 is 0 Å². The molecule has 0 aliphatic heterocycles. The summed E-state index contributed by atoms with van der Waals surface area (Å²) < 4.78 is 18.8. The summed E-state index contributed by atoms with van der Waals surface area (Å²) in [5.74, 6) is 0.0142. The number of hydrogen-bond donors (Lipinski definition) is 1. The lowest BCUT2D eigenvalue weighted by atomic mass is 9.97. The van der Waals surface area contributed by atoms with Crippen LogP contribution in [-0.2, 0) is 0 Å². The normalized spacial score (nSPS) is 16.3. The second-order valence-electron chi connectivity index (χ2n) is 4.95. The summed E-state index contributed by atoms with van der Waals surface area (Å²) in [5, 5.41) is 3.52. The van der Waals surface area contributed by atoms with E-state index in [0.29, 0.717) is 5.75 Å². The molecule has 1 aliphatic carbocycles. The maximum absolute atomic E-state index is 13.8. The van der Waals surface area contributed by atoms with Gasteiger partial charge in [-0.2, -0.15) is 0 Å². The van der Waals surface area contributed by atoms with E-state index in [-0.39, 0.29) is 11.9 Å². The fourth-order valence-corrected chi connectivity index (χ4v) is 2.57. The van der Waals surface area contributed by atoms with E-state index in [0.717, 1.165) is 31.4 Å². The Balaban J connectivity index is 2.24. The van der Waals surface area contributed by atoms with Crippen molar-refractivity contribution in [2.24, 2.45) is 0 Å². The molecule has 1 aliphatic rings. The molecule has 0 heterocycles. The van der Waals surface area contributed by atoms with E-state index in [9.17, 15) is 4.39 Å². The van der Waals surface area contributed by atoms with Crippen LogP contribution in [0.25, 0.3) is 0 Å². The molecule has 0 bridgehead atoms. The maximum Gasteiger partial charge on any atom is 0.165 e. The lowest BCUT2D eigenvalue weighted by molar-refractivity contribution is 0.385. The third kappa shape index (κ3) is 3.35. The van der Waals surface area contributed by atoms with Crippen molar-refractivity contribution in [3.05, 3.63) is 41.2 Å². The largest absolute Gasteiger partial charge is 0.494 e. The number of halogens is 1. The molecular weight excluding hydrogens is 241 g/mol. The molecule has 1 aromatic rings. The fourth-order valence-electron chi connectivity index (χ4n) is 2.57. The summed E-state index contributed by atoms with van der Waals surface area (Å²) in [6, 6.07) is 5.39. The van der Waals surface area contributed by atoms with E-state index in [1.165, 1.54) is 19.1 Å². The zero-order valence-corrected chi connectivity index (χ0v) is 11.7. The van der Waals surface area contributed by atoms with Crippen LogP contribution in [0.3, 0.4) is 0 Å². The van der Waals surface area contributed by atoms with Crippen molar-refractivity contribution in [3.63, 3.8) is 0 Å². The Morgan fingerprint density at radius 2 is 2.26 bits per heavy atom. The van der Waals surface area contributed by atoms with Gasteiger partial charge in [0.15, 0.2) is 11.6 Å². The summed E-state index contributed by atoms with van der Waals surface area (Å²) in [6.07, 6.45) is 6.81. The van der Waals surface area contributed by atoms with Gasteiger partial charge in [-0.25, -0.2) is 4.39 Å². The van der Waals surface area contributed by atoms with Gasteiger partial charge in [-0.05, 0) is 49.9 Å². The Hall–Kier alpha value is -1.35. The molecule has 0 radical (unpaired) electrons. The predicted octanol–water partition coefficient (Wildman–Crippen LogP) is 3.99. The van der Waals surface area contributed by atoms with Crippen LogP contribution in [0.1, 0.15) is 44.2 Å². The molecule has 0 aromatic heterocycles. The Kier molecular flexibility index (Phi) is 4.97. The van der Waals surface area contributed by atoms with Gasteiger partial charge in [-0.3, -0.25) is 0 Å². The number of nitrogens with one attached hydrogen (secondary N) is 1. The van der Waals surface area contributed by atoms with Gasteiger partial charge in [-0.1, -0.05) is 24.6 Å². The minimum Gasteiger partial charge on any atom is -0.494 e. The van der Waals surface area contributed by atoms with Crippen molar-refractivity contribution in [3.8, 4) is 5.75 Å². The first kappa shape index (κ1) is 14.1. The van der Waals surface area contributed by atoms with E-state index in [1.807, 2.05) is 6.07 Å². The summed E-state index contributed by atoms with van der Waals surface area (Å²) >= 11 is 0. The fraction of sp³-hybridized carbons (Fsp3) is 0.500. The van der Waals surface area contributed by atoms with Crippen molar-refractivity contribution in [2.75, 3.05) is 13.7 Å². The lowest BCUT2D eigenvalue weighted by Gasteiger charge is -2.21. The molecule has 1 N–H and O–H groups in total. The van der Waals surface area contributed by atoms with Gasteiger partial charge in [0.1, 0.15) is 0 Å². The average Bonchev–Trinajstić information content (AvgIpc) is 2.93. The first-order valence-corrected chi connectivity index (χ1v) is 7.02. The zero-order valence-electron chi connectivity index (χ0n) is 11.7. The molecule has 2 nitrogen and oxygen atoms in total. The molecule has 2 rings (SSSR count). The van der Waals surface area contributed by atoms with Gasteiger partial charge in [0.05, 0.1) is 13.2 Å². The third-order valence-corrected chi connectivity index (χ3v) is 3.55. The van der Waals surface area contributed by atoms with Gasteiger partial charge >= 0.3 is 0 Å². The van der Waals surface area contributed by atoms with Gasteiger partial charge in [-0.15, -0.1) is 0 Å². The number of allylic oxidation sites excluding steroid dienone is 1. The van der Waals surface area contributed by atoms with E-state index < -0.39 is 0 Å². The average molecular weight is 263 g/mol. The number of hydrogen-bond acceptors (Lipinski definition) is 2. The van der Waals surface area contributed by atoms with E-state index in [2.05, 4.69) is 18.3 Å². The molecule has 19 heavy (non-hydrogen) atoms. The van der Waals surface area contributed by atoms with Gasteiger partial charge in [0, 0.05) is 0 Å². The van der Waals surface area contributed by atoms with Crippen molar-refractivity contribution in [1.29, 1.82) is 0 Å². The Bertz CT molecular complexity index is 456. The SMILES string of the molecule is CCCNC(C1=CCCC1)c1ccc(OC)c(F)c1. The first-order valence-electron chi connectivity index (χ1n) is 7.02. The monoisotopic (exact) mass is 263 g/mol. The minimum absolute atomic E-state index is 0.142. The molecule has 0 saturated carbocycles. The predicted molar refractivity (Wildman–Crippen MR) is 75.9 cm³/mol. The number of methoxy groups -OCH3 is 1. The number of ether oxygens (including phenoxy) is 1. The maximum atomic E-state index is 13.8. The molecule has 1 atom stereocenters. The Morgan fingerprint density at radius 1 is 1.42 bits per heavy atom. The standard InChI is InChI=1S/C16H22FNO/c1-3-10-18-16(12-6-4-5-7-12)13-8-9-15(19-2)14(17)11-13/h6,8-9,11,16,18H,3-5,7,10H2,1-2H3. The van der Waals surface area contributed by atoms with Crippen LogP contribution in [0.2, 0.25) is 0 Å². The highest BCUT2D eigenvalue weighted by Gasteiger charge is 2.19. The van der Waals surface area contributed by atoms with Crippen LogP contribution in [0, 0.1) is 5.82 Å². The van der Waals surface area contributed by atoms with Crippen LogP contribution in [0.15, 0.2) is 29.8 Å². The van der Waals surface area contributed by atoms with E-state index in [4.69, 9.17) is 4.74 Å². The molecule has 0 amide bonds. The second-order valence-corrected chi connectivity index (χ2v) is 4.95. The number of rotatable bonds is 6. The van der Waals surface area contributed by atoms with Crippen molar-refractivity contribution < 1.29 is 9.13 Å². The molecule has 1 aromatic carbocycles. The van der Waals surface area contributed by atoms with Gasteiger partial charge < -0.3 is 10.1 Å². The van der Waals surface area contributed by atoms with Crippen molar-refractivity contribution in [2.45, 2.75) is 38.6 Å². The zero-order chi connectivity index (χ0) is 13.7. The summed E-state index contributed by atoms with van der Waals surface area (Å²) in [7, 11) is 1.49. The Morgan fingerprint density at radius 3 is 2.84 bits per heavy atom. The quantitative estimate of drug-likeness (QED) is 0.784. The van der Waals surface area contributed by atoms with Crippen LogP contribution < -0.4 is 10.1 Å². The van der Waals surface area contributed by atoms with Crippen LogP contribution in [-0.4, -0.2) is 13.7 Å². The van der Waals surface area contributed by atoms with E-state index >= 15 is 0 Å². The van der Waals surface area contributed by atoms with Crippen LogP contribution in [0.4, 0.5) is 4.39 Å². The van der Waals surface area contributed by atoms with Crippen molar-refractivity contribution in [1.82, 2.24) is 5.32 Å². The number of benzene rings is 1. The highest BCUT2D eigenvalue weighted by Crippen LogP contribution is 2.32. The minimum atomic E-state index is -0.290. The van der Waals surface area contributed by atoms with Gasteiger partial charge in [0.25, 0.3) is 0 Å². The highest BCUT2D eigenvalue weighted by molar-refractivity contribution is 5.35. The third-order valence-electron chi connectivity index (χ3n) is 3.55. The molecule has 0 fully saturated rings. The highest BCUT2D eigenvalue weighted by atomic mass is 19.1. The summed E-state index contributed by atoms with van der Waals surface area (Å²) in [4.78, 5) is 0. The molecule has 0 saturated heterocycles. The van der Waals surface area contributed by atoms with Crippen LogP contribution in [0.5, 0.6) is 5.75 Å². The van der Waals surface area contributed by atoms with Crippen LogP contribution >= 0.6 is 0 Å². The topological polar surface area (TPSA) is 21.3 Å². The molecule has 104 valence electrons. The Labute approximate surface area is 114 Å². The van der Waals surface area contributed by atoms with E-state index in [1.54, 1.807) is 12.1 Å². The molecular formula is C16H22FNO. The summed E-state index contributed by atoms with van der Waals surface area (Å²) in [6.45, 7) is 3.08. The second kappa shape index (κ2) is 6.71. The first-order chi connectivity index (χ1) is 9.26. The lowest BCUT2D eigenvalue weighted by Crippen LogP contribution is -2.23. The molecule has 3 heteroatoms. The summed E-state index contributed by atoms with van der Waals surface area (Å²) in [5.41, 5.74) is 2.37. The van der Waals surface area contributed by atoms with Gasteiger partial charge in [0.2, 0.25) is 0 Å².